The van der Waals surface area contributed by atoms with E-state index < -0.39 is 46.9 Å². The number of hydrogen-bond donors (Lipinski definition) is 2. The number of carbonyl (C=O) groups excluding carboxylic acids is 5. The van der Waals surface area contributed by atoms with E-state index in [0.717, 1.165) is 22.6 Å². The fourth-order valence-corrected chi connectivity index (χ4v) is 4.59. The Hall–Kier alpha value is -3.21. The second-order valence-corrected chi connectivity index (χ2v) is 9.00. The zero-order chi connectivity index (χ0) is 23.0. The van der Waals surface area contributed by atoms with Crippen molar-refractivity contribution >= 4 is 46.8 Å². The van der Waals surface area contributed by atoms with Crippen LogP contribution < -0.4 is 10.6 Å². The third kappa shape index (κ3) is 4.12. The van der Waals surface area contributed by atoms with Crippen molar-refractivity contribution in [2.24, 2.45) is 5.92 Å². The minimum Gasteiger partial charge on any atom is -0.353 e. The molecule has 1 atom stereocenters. The third-order valence-electron chi connectivity index (χ3n) is 5.72. The van der Waals surface area contributed by atoms with Gasteiger partial charge in [0.2, 0.25) is 5.91 Å². The van der Waals surface area contributed by atoms with Crippen molar-refractivity contribution < 1.29 is 28.4 Å². The number of rotatable bonds is 7. The number of benzene rings is 1. The maximum Gasteiger partial charge on any atom is 0.325 e. The predicted octanol–water partition coefficient (Wildman–Crippen LogP) is 1.70. The van der Waals surface area contributed by atoms with Crippen molar-refractivity contribution in [3.05, 3.63) is 40.6 Å². The summed E-state index contributed by atoms with van der Waals surface area (Å²) in [5.41, 5.74) is -0.776. The number of nitrogens with one attached hydrogen (secondary N) is 2. The lowest BCUT2D eigenvalue weighted by atomic mass is 9.96. The summed E-state index contributed by atoms with van der Waals surface area (Å²) in [5, 5.41) is 4.65. The zero-order valence-electron chi connectivity index (χ0n) is 17.2. The van der Waals surface area contributed by atoms with Crippen LogP contribution in [0.25, 0.3) is 6.08 Å². The van der Waals surface area contributed by atoms with Gasteiger partial charge in [-0.05, 0) is 49.6 Å². The summed E-state index contributed by atoms with van der Waals surface area (Å²) in [4.78, 5) is 63.5. The fourth-order valence-electron chi connectivity index (χ4n) is 3.73. The topological polar surface area (TPSA) is 116 Å². The van der Waals surface area contributed by atoms with E-state index in [2.05, 4.69) is 10.6 Å². The standard InChI is InChI=1S/C21H21FN4O5S/c1-21(13-6-7-13)18(29)26(19(30)24-21)11-16(27)23-8-9-25-17(28)15(32-20(25)31)10-12-4-2-3-5-14(12)22/h2-5,10,13H,6-9,11H2,1H3,(H,23,27)(H,24,30)/b15-10-. The van der Waals surface area contributed by atoms with Crippen LogP contribution in [0.2, 0.25) is 0 Å². The highest BCUT2D eigenvalue weighted by atomic mass is 32.2. The predicted molar refractivity (Wildman–Crippen MR) is 113 cm³/mol. The van der Waals surface area contributed by atoms with Gasteiger partial charge >= 0.3 is 6.03 Å². The van der Waals surface area contributed by atoms with Gasteiger partial charge < -0.3 is 10.6 Å². The minimum atomic E-state index is -0.968. The molecule has 3 fully saturated rings. The van der Waals surface area contributed by atoms with Gasteiger partial charge in [-0.2, -0.15) is 0 Å². The lowest BCUT2D eigenvalue weighted by molar-refractivity contribution is -0.135. The second-order valence-electron chi connectivity index (χ2n) is 8.00. The Morgan fingerprint density at radius 1 is 1.25 bits per heavy atom. The summed E-state index contributed by atoms with van der Waals surface area (Å²) in [6.45, 7) is 1.08. The Kier molecular flexibility index (Phi) is 5.76. The molecule has 2 N–H and O–H groups in total. The van der Waals surface area contributed by atoms with Crippen molar-refractivity contribution in [2.45, 2.75) is 25.3 Å². The molecule has 0 spiro atoms. The molecule has 0 aromatic heterocycles. The molecule has 2 saturated heterocycles. The Labute approximate surface area is 187 Å². The van der Waals surface area contributed by atoms with E-state index in [0.29, 0.717) is 11.8 Å². The molecule has 0 radical (unpaired) electrons. The van der Waals surface area contributed by atoms with E-state index in [-0.39, 0.29) is 29.5 Å². The smallest absolute Gasteiger partial charge is 0.325 e. The summed E-state index contributed by atoms with van der Waals surface area (Å²) in [7, 11) is 0. The normalized spacial score (nSPS) is 24.5. The number of halogens is 1. The van der Waals surface area contributed by atoms with Gasteiger partial charge in [-0.15, -0.1) is 0 Å². The molecular weight excluding hydrogens is 439 g/mol. The van der Waals surface area contributed by atoms with Crippen molar-refractivity contribution in [3.8, 4) is 0 Å². The summed E-state index contributed by atoms with van der Waals surface area (Å²) >= 11 is 0.693. The average Bonchev–Trinajstić information content (AvgIpc) is 3.53. The lowest BCUT2D eigenvalue weighted by Crippen LogP contribution is -2.47. The van der Waals surface area contributed by atoms with Gasteiger partial charge in [0.1, 0.15) is 17.9 Å². The van der Waals surface area contributed by atoms with Gasteiger partial charge in [0.25, 0.3) is 17.1 Å². The number of hydrogen-bond acceptors (Lipinski definition) is 6. The Morgan fingerprint density at radius 2 is 1.97 bits per heavy atom. The highest BCUT2D eigenvalue weighted by molar-refractivity contribution is 8.18. The van der Waals surface area contributed by atoms with Crippen LogP contribution >= 0.6 is 11.8 Å². The molecule has 1 saturated carbocycles. The molecule has 4 rings (SSSR count). The van der Waals surface area contributed by atoms with Crippen LogP contribution in [0.15, 0.2) is 29.2 Å². The van der Waals surface area contributed by atoms with Crippen molar-refractivity contribution in [2.75, 3.05) is 19.6 Å². The molecular formula is C21H21FN4O5S. The van der Waals surface area contributed by atoms with Gasteiger partial charge in [0.15, 0.2) is 0 Å². The van der Waals surface area contributed by atoms with Gasteiger partial charge in [0, 0.05) is 18.7 Å². The molecule has 6 amide bonds. The third-order valence-corrected chi connectivity index (χ3v) is 6.63. The molecule has 168 valence electrons. The Bertz CT molecular complexity index is 1060. The highest BCUT2D eigenvalue weighted by Crippen LogP contribution is 2.42. The van der Waals surface area contributed by atoms with E-state index >= 15 is 0 Å². The van der Waals surface area contributed by atoms with Crippen LogP contribution in [0.3, 0.4) is 0 Å². The Morgan fingerprint density at radius 3 is 2.66 bits per heavy atom. The van der Waals surface area contributed by atoms with Crippen LogP contribution in [-0.2, 0) is 14.4 Å². The van der Waals surface area contributed by atoms with E-state index in [1.54, 1.807) is 13.0 Å². The molecule has 3 aliphatic rings. The monoisotopic (exact) mass is 460 g/mol. The van der Waals surface area contributed by atoms with Gasteiger partial charge in [-0.25, -0.2) is 9.18 Å². The maximum absolute atomic E-state index is 13.8. The van der Waals surface area contributed by atoms with Crippen molar-refractivity contribution in [1.82, 2.24) is 20.4 Å². The SMILES string of the molecule is CC1(C2CC2)NC(=O)N(CC(=O)NCCN2C(=O)S/C(=C\c3ccccc3F)C2=O)C1=O. The van der Waals surface area contributed by atoms with Gasteiger partial charge in [-0.1, -0.05) is 18.2 Å². The summed E-state index contributed by atoms with van der Waals surface area (Å²) in [6, 6.07) is 5.28. The molecule has 0 bridgehead atoms. The quantitative estimate of drug-likeness (QED) is 0.473. The molecule has 2 heterocycles. The van der Waals surface area contributed by atoms with Gasteiger partial charge in [-0.3, -0.25) is 29.0 Å². The number of thioether (sulfide) groups is 1. The molecule has 11 heteroatoms. The van der Waals surface area contributed by atoms with E-state index in [4.69, 9.17) is 0 Å². The molecule has 1 aliphatic carbocycles. The summed E-state index contributed by atoms with van der Waals surface area (Å²) in [6.07, 6.45) is 3.02. The first-order chi connectivity index (χ1) is 15.2. The van der Waals surface area contributed by atoms with Crippen molar-refractivity contribution in [1.29, 1.82) is 0 Å². The van der Waals surface area contributed by atoms with Crippen LogP contribution in [0.1, 0.15) is 25.3 Å². The van der Waals surface area contributed by atoms with E-state index in [1.165, 1.54) is 24.3 Å². The number of nitrogens with zero attached hydrogens (tertiary/aromatic N) is 2. The maximum atomic E-state index is 13.8. The zero-order valence-corrected chi connectivity index (χ0v) is 18.0. The first-order valence-corrected chi connectivity index (χ1v) is 10.9. The molecule has 1 aromatic carbocycles. The molecule has 9 nitrogen and oxygen atoms in total. The van der Waals surface area contributed by atoms with E-state index in [1.807, 2.05) is 0 Å². The largest absolute Gasteiger partial charge is 0.353 e. The number of imide groups is 2. The Balaban J connectivity index is 1.30. The van der Waals surface area contributed by atoms with Crippen LogP contribution in [0, 0.1) is 11.7 Å². The molecule has 2 aliphatic heterocycles. The highest BCUT2D eigenvalue weighted by Gasteiger charge is 2.56. The number of amides is 6. The van der Waals surface area contributed by atoms with Crippen LogP contribution in [0.5, 0.6) is 0 Å². The minimum absolute atomic E-state index is 0.0482. The second kappa shape index (κ2) is 8.38. The van der Waals surface area contributed by atoms with Crippen molar-refractivity contribution in [3.63, 3.8) is 0 Å². The number of carbonyl (C=O) groups is 5. The molecule has 1 aromatic rings. The first kappa shape index (κ1) is 22.0. The molecule has 1 unspecified atom stereocenters. The summed E-state index contributed by atoms with van der Waals surface area (Å²) < 4.78 is 13.8. The average molecular weight is 460 g/mol. The number of urea groups is 1. The van der Waals surface area contributed by atoms with E-state index in [9.17, 15) is 28.4 Å². The lowest BCUT2D eigenvalue weighted by Gasteiger charge is -2.20. The van der Waals surface area contributed by atoms with Gasteiger partial charge in [0.05, 0.1) is 4.91 Å². The van der Waals surface area contributed by atoms with Crippen LogP contribution in [0.4, 0.5) is 14.0 Å². The first-order valence-electron chi connectivity index (χ1n) is 10.1. The molecule has 32 heavy (non-hydrogen) atoms. The van der Waals surface area contributed by atoms with Crippen LogP contribution in [-0.4, -0.2) is 64.0 Å². The summed E-state index contributed by atoms with van der Waals surface area (Å²) in [5.74, 6) is -2.01. The fraction of sp³-hybridized carbons (Fsp3) is 0.381.